The molecule has 0 spiro atoms. The van der Waals surface area contributed by atoms with E-state index in [0.29, 0.717) is 5.02 Å². The van der Waals surface area contributed by atoms with Crippen LogP contribution in [0.1, 0.15) is 0 Å². The molecule has 0 radical (unpaired) electrons. The monoisotopic (exact) mass is 342 g/mol. The lowest BCUT2D eigenvalue weighted by atomic mass is 10.3. The Morgan fingerprint density at radius 1 is 1.18 bits per heavy atom. The number of hydrogen-bond acceptors (Lipinski definition) is 5. The number of sulfonamides is 1. The summed E-state index contributed by atoms with van der Waals surface area (Å²) in [5, 5.41) is 11.0. The van der Waals surface area contributed by atoms with Crippen molar-refractivity contribution >= 4 is 33.0 Å². The SMILES string of the molecule is COc1cc(Cl)ccc1NS(=O)(=O)c1ccc([N+](=O)[O-])cc1. The molecular weight excluding hydrogens is 332 g/mol. The number of benzene rings is 2. The van der Waals surface area contributed by atoms with Crippen molar-refractivity contribution < 1.29 is 18.1 Å². The van der Waals surface area contributed by atoms with Crippen molar-refractivity contribution in [2.24, 2.45) is 0 Å². The second-order valence-corrected chi connectivity index (χ2v) is 6.32. The van der Waals surface area contributed by atoms with Crippen LogP contribution < -0.4 is 9.46 Å². The molecule has 22 heavy (non-hydrogen) atoms. The van der Waals surface area contributed by atoms with Gasteiger partial charge in [0.1, 0.15) is 5.75 Å². The van der Waals surface area contributed by atoms with Gasteiger partial charge in [0.15, 0.2) is 0 Å². The summed E-state index contributed by atoms with van der Waals surface area (Å²) in [7, 11) is -2.51. The summed E-state index contributed by atoms with van der Waals surface area (Å²) in [5.74, 6) is 0.262. The summed E-state index contributed by atoms with van der Waals surface area (Å²) < 4.78 is 31.9. The lowest BCUT2D eigenvalue weighted by Gasteiger charge is -2.12. The van der Waals surface area contributed by atoms with Gasteiger partial charge in [-0.1, -0.05) is 11.6 Å². The Morgan fingerprint density at radius 3 is 2.36 bits per heavy atom. The number of nitro groups is 1. The van der Waals surface area contributed by atoms with E-state index < -0.39 is 14.9 Å². The zero-order valence-electron chi connectivity index (χ0n) is 11.3. The zero-order chi connectivity index (χ0) is 16.3. The van der Waals surface area contributed by atoms with Crippen molar-refractivity contribution in [3.05, 3.63) is 57.6 Å². The molecule has 9 heteroatoms. The first-order chi connectivity index (χ1) is 10.3. The molecular formula is C13H11ClN2O5S. The van der Waals surface area contributed by atoms with Crippen LogP contribution in [0.15, 0.2) is 47.4 Å². The van der Waals surface area contributed by atoms with Crippen LogP contribution in [0.2, 0.25) is 5.02 Å². The van der Waals surface area contributed by atoms with Crippen molar-refractivity contribution in [2.75, 3.05) is 11.8 Å². The molecule has 2 aromatic carbocycles. The Balaban J connectivity index is 2.33. The number of anilines is 1. The normalized spacial score (nSPS) is 11.0. The zero-order valence-corrected chi connectivity index (χ0v) is 12.9. The molecule has 0 bridgehead atoms. The molecule has 7 nitrogen and oxygen atoms in total. The van der Waals surface area contributed by atoms with E-state index in [1.54, 1.807) is 0 Å². The average Bonchev–Trinajstić information content (AvgIpc) is 2.49. The van der Waals surface area contributed by atoms with Crippen molar-refractivity contribution in [3.8, 4) is 5.75 Å². The Morgan fingerprint density at radius 2 is 1.82 bits per heavy atom. The van der Waals surface area contributed by atoms with Crippen molar-refractivity contribution in [3.63, 3.8) is 0 Å². The fourth-order valence-corrected chi connectivity index (χ4v) is 2.93. The fraction of sp³-hybridized carbons (Fsp3) is 0.0769. The number of nitrogens with zero attached hydrogens (tertiary/aromatic N) is 1. The van der Waals surface area contributed by atoms with E-state index in [0.717, 1.165) is 24.3 Å². The van der Waals surface area contributed by atoms with Crippen LogP contribution >= 0.6 is 11.6 Å². The second kappa shape index (κ2) is 6.20. The summed E-state index contributed by atoms with van der Waals surface area (Å²) in [6.45, 7) is 0. The third-order valence-corrected chi connectivity index (χ3v) is 4.38. The number of nitrogens with one attached hydrogen (secondary N) is 1. The predicted octanol–water partition coefficient (Wildman–Crippen LogP) is 3.06. The summed E-state index contributed by atoms with van der Waals surface area (Å²) in [4.78, 5) is 9.87. The molecule has 0 saturated heterocycles. The molecule has 0 aliphatic rings. The van der Waals surface area contributed by atoms with E-state index in [1.165, 1.54) is 25.3 Å². The van der Waals surface area contributed by atoms with Crippen molar-refractivity contribution in [2.45, 2.75) is 4.90 Å². The maximum absolute atomic E-state index is 12.3. The molecule has 0 aliphatic carbocycles. The van der Waals surface area contributed by atoms with Crippen LogP contribution in [0.5, 0.6) is 5.75 Å². The lowest BCUT2D eigenvalue weighted by Crippen LogP contribution is -2.13. The molecule has 116 valence electrons. The van der Waals surface area contributed by atoms with Gasteiger partial charge in [-0.2, -0.15) is 0 Å². The van der Waals surface area contributed by atoms with Gasteiger partial charge in [0.05, 0.1) is 22.6 Å². The molecule has 0 heterocycles. The quantitative estimate of drug-likeness (QED) is 0.665. The van der Waals surface area contributed by atoms with Gasteiger partial charge in [0.2, 0.25) is 0 Å². The van der Waals surface area contributed by atoms with E-state index in [9.17, 15) is 18.5 Å². The Bertz CT molecular complexity index is 806. The van der Waals surface area contributed by atoms with Crippen LogP contribution in [0.25, 0.3) is 0 Å². The topological polar surface area (TPSA) is 98.5 Å². The molecule has 0 aliphatic heterocycles. The van der Waals surface area contributed by atoms with Gasteiger partial charge in [0.25, 0.3) is 15.7 Å². The van der Waals surface area contributed by atoms with Gasteiger partial charge in [0, 0.05) is 23.2 Å². The van der Waals surface area contributed by atoms with Crippen molar-refractivity contribution in [1.82, 2.24) is 0 Å². The first kappa shape index (κ1) is 16.1. The Labute approximate surface area is 131 Å². The standard InChI is InChI=1S/C13H11ClN2O5S/c1-21-13-8-9(14)2-7-12(13)15-22(19,20)11-5-3-10(4-6-11)16(17)18/h2-8,15H,1H3. The van der Waals surface area contributed by atoms with E-state index in [4.69, 9.17) is 16.3 Å². The molecule has 0 fully saturated rings. The minimum Gasteiger partial charge on any atom is -0.495 e. The highest BCUT2D eigenvalue weighted by Crippen LogP contribution is 2.30. The predicted molar refractivity (Wildman–Crippen MR) is 81.9 cm³/mol. The fourth-order valence-electron chi connectivity index (χ4n) is 1.70. The number of halogens is 1. The van der Waals surface area contributed by atoms with Crippen LogP contribution in [0.4, 0.5) is 11.4 Å². The average molecular weight is 343 g/mol. The first-order valence-corrected chi connectivity index (χ1v) is 7.80. The highest BCUT2D eigenvalue weighted by molar-refractivity contribution is 7.92. The van der Waals surface area contributed by atoms with E-state index in [-0.39, 0.29) is 22.0 Å². The smallest absolute Gasteiger partial charge is 0.269 e. The molecule has 2 aromatic rings. The number of rotatable bonds is 5. The third-order valence-electron chi connectivity index (χ3n) is 2.77. The summed E-state index contributed by atoms with van der Waals surface area (Å²) >= 11 is 5.81. The maximum atomic E-state index is 12.3. The molecule has 0 unspecified atom stereocenters. The third kappa shape index (κ3) is 3.46. The van der Waals surface area contributed by atoms with E-state index >= 15 is 0 Å². The number of ether oxygens (including phenoxy) is 1. The molecule has 0 amide bonds. The first-order valence-electron chi connectivity index (χ1n) is 5.94. The van der Waals surface area contributed by atoms with E-state index in [1.807, 2.05) is 0 Å². The van der Waals surface area contributed by atoms with E-state index in [2.05, 4.69) is 4.72 Å². The summed E-state index contributed by atoms with van der Waals surface area (Å²) in [5.41, 5.74) is 0.0216. The lowest BCUT2D eigenvalue weighted by molar-refractivity contribution is -0.384. The number of non-ortho nitro benzene ring substituents is 1. The highest BCUT2D eigenvalue weighted by atomic mass is 35.5. The highest BCUT2D eigenvalue weighted by Gasteiger charge is 2.18. The van der Waals surface area contributed by atoms with Gasteiger partial charge in [-0.15, -0.1) is 0 Å². The van der Waals surface area contributed by atoms with Crippen LogP contribution in [-0.2, 0) is 10.0 Å². The number of hydrogen-bond donors (Lipinski definition) is 1. The van der Waals surface area contributed by atoms with Crippen LogP contribution in [-0.4, -0.2) is 20.5 Å². The van der Waals surface area contributed by atoms with Gasteiger partial charge in [-0.25, -0.2) is 8.42 Å². The Hall–Kier alpha value is -2.32. The van der Waals surface area contributed by atoms with Gasteiger partial charge in [-0.3, -0.25) is 14.8 Å². The molecule has 0 atom stereocenters. The summed E-state index contributed by atoms with van der Waals surface area (Å²) in [6.07, 6.45) is 0. The van der Waals surface area contributed by atoms with Gasteiger partial charge in [-0.05, 0) is 24.3 Å². The Kier molecular flexibility index (Phi) is 4.53. The number of nitro benzene ring substituents is 1. The second-order valence-electron chi connectivity index (χ2n) is 4.20. The minimum absolute atomic E-state index is 0.102. The molecule has 0 aromatic heterocycles. The largest absolute Gasteiger partial charge is 0.495 e. The van der Waals surface area contributed by atoms with Gasteiger partial charge >= 0.3 is 0 Å². The molecule has 1 N–H and O–H groups in total. The molecule has 0 saturated carbocycles. The van der Waals surface area contributed by atoms with Gasteiger partial charge < -0.3 is 4.74 Å². The maximum Gasteiger partial charge on any atom is 0.269 e. The minimum atomic E-state index is -3.90. The summed E-state index contributed by atoms with van der Waals surface area (Å²) in [6, 6.07) is 8.99. The number of methoxy groups -OCH3 is 1. The van der Waals surface area contributed by atoms with Crippen LogP contribution in [0.3, 0.4) is 0 Å². The molecule has 2 rings (SSSR count). The van der Waals surface area contributed by atoms with Crippen LogP contribution in [0, 0.1) is 10.1 Å². The van der Waals surface area contributed by atoms with Crippen molar-refractivity contribution in [1.29, 1.82) is 0 Å².